The largest absolute Gasteiger partial charge is 0.355 e. The number of para-hydroxylation sites is 1. The number of anilines is 3. The first-order valence-electron chi connectivity index (χ1n) is 9.68. The normalized spacial score (nSPS) is 15.1. The van der Waals surface area contributed by atoms with Gasteiger partial charge in [0, 0.05) is 18.7 Å². The standard InChI is InChI=1S/C22H21N5O3/c28-17-13-16(20(29)23-12-11-14-7-3-1-4-8-14)18-19(25-17)26-22(27-21(18)30)24-15-9-5-2-6-10-15/h1-10,16H,11-13H2,(H,23,29)(H3,24,25,26,27,28,30). The predicted molar refractivity (Wildman–Crippen MR) is 114 cm³/mol. The summed E-state index contributed by atoms with van der Waals surface area (Å²) in [4.78, 5) is 44.6. The Kier molecular flexibility index (Phi) is 5.56. The van der Waals surface area contributed by atoms with E-state index in [1.54, 1.807) is 0 Å². The molecule has 4 N–H and O–H groups in total. The molecule has 30 heavy (non-hydrogen) atoms. The van der Waals surface area contributed by atoms with Gasteiger partial charge in [0.2, 0.25) is 17.8 Å². The number of hydrogen-bond donors (Lipinski definition) is 4. The predicted octanol–water partition coefficient (Wildman–Crippen LogP) is 2.30. The van der Waals surface area contributed by atoms with Crippen molar-refractivity contribution in [2.24, 2.45) is 0 Å². The molecule has 0 bridgehead atoms. The van der Waals surface area contributed by atoms with Crippen LogP contribution in [0.4, 0.5) is 17.5 Å². The van der Waals surface area contributed by atoms with Gasteiger partial charge in [-0.25, -0.2) is 0 Å². The molecular weight excluding hydrogens is 382 g/mol. The molecule has 2 aromatic carbocycles. The highest BCUT2D eigenvalue weighted by Gasteiger charge is 2.34. The van der Waals surface area contributed by atoms with Crippen LogP contribution in [-0.2, 0) is 16.0 Å². The molecule has 1 atom stereocenters. The topological polar surface area (TPSA) is 116 Å². The Labute approximate surface area is 172 Å². The summed E-state index contributed by atoms with van der Waals surface area (Å²) in [6.07, 6.45) is 0.563. The van der Waals surface area contributed by atoms with Crippen molar-refractivity contribution >= 4 is 29.3 Å². The minimum Gasteiger partial charge on any atom is -0.355 e. The van der Waals surface area contributed by atoms with Crippen molar-refractivity contribution in [1.29, 1.82) is 0 Å². The fourth-order valence-corrected chi connectivity index (χ4v) is 3.41. The van der Waals surface area contributed by atoms with Crippen LogP contribution in [0.1, 0.15) is 23.5 Å². The number of hydrogen-bond acceptors (Lipinski definition) is 5. The molecule has 0 saturated heterocycles. The summed E-state index contributed by atoms with van der Waals surface area (Å²) in [6, 6.07) is 19.0. The lowest BCUT2D eigenvalue weighted by Crippen LogP contribution is -2.39. The second kappa shape index (κ2) is 8.60. The number of carbonyl (C=O) groups excluding carboxylic acids is 2. The number of benzene rings is 2. The number of aromatic amines is 1. The molecule has 152 valence electrons. The average Bonchev–Trinajstić information content (AvgIpc) is 2.74. The molecule has 8 nitrogen and oxygen atoms in total. The van der Waals surface area contributed by atoms with Gasteiger partial charge in [-0.15, -0.1) is 0 Å². The first-order valence-corrected chi connectivity index (χ1v) is 9.68. The van der Waals surface area contributed by atoms with Crippen LogP contribution in [0.3, 0.4) is 0 Å². The van der Waals surface area contributed by atoms with E-state index < -0.39 is 11.5 Å². The van der Waals surface area contributed by atoms with E-state index in [1.807, 2.05) is 60.7 Å². The van der Waals surface area contributed by atoms with Gasteiger partial charge in [-0.1, -0.05) is 48.5 Å². The smallest absolute Gasteiger partial charge is 0.258 e. The van der Waals surface area contributed by atoms with E-state index in [0.717, 1.165) is 11.3 Å². The fraction of sp³-hybridized carbons (Fsp3) is 0.182. The zero-order valence-corrected chi connectivity index (χ0v) is 16.1. The number of nitrogens with one attached hydrogen (secondary N) is 4. The van der Waals surface area contributed by atoms with E-state index in [4.69, 9.17) is 0 Å². The molecule has 0 radical (unpaired) electrons. The molecule has 0 aliphatic carbocycles. The number of nitrogens with zero attached hydrogens (tertiary/aromatic N) is 1. The van der Waals surface area contributed by atoms with E-state index in [2.05, 4.69) is 25.9 Å². The monoisotopic (exact) mass is 403 g/mol. The van der Waals surface area contributed by atoms with E-state index in [9.17, 15) is 14.4 Å². The maximum atomic E-state index is 12.7. The minimum atomic E-state index is -0.883. The molecule has 3 aromatic rings. The first-order chi connectivity index (χ1) is 14.6. The van der Waals surface area contributed by atoms with Crippen molar-refractivity contribution in [2.45, 2.75) is 18.8 Å². The van der Waals surface area contributed by atoms with Gasteiger partial charge >= 0.3 is 0 Å². The van der Waals surface area contributed by atoms with Crippen LogP contribution in [0.5, 0.6) is 0 Å². The first kappa shape index (κ1) is 19.4. The summed E-state index contributed by atoms with van der Waals surface area (Å²) in [7, 11) is 0. The molecule has 1 aliphatic rings. The highest BCUT2D eigenvalue weighted by atomic mass is 16.2. The van der Waals surface area contributed by atoms with Gasteiger partial charge in [0.25, 0.3) is 5.56 Å². The van der Waals surface area contributed by atoms with E-state index in [-0.39, 0.29) is 35.6 Å². The Balaban J connectivity index is 1.51. The number of fused-ring (bicyclic) bond motifs is 1. The molecule has 0 spiro atoms. The summed E-state index contributed by atoms with van der Waals surface area (Å²) >= 11 is 0. The number of amides is 2. The SMILES string of the molecule is O=C1CC(C(=O)NCCc2ccccc2)c2c(nc(Nc3ccccc3)[nH]c2=O)N1. The maximum absolute atomic E-state index is 12.7. The third-order valence-corrected chi connectivity index (χ3v) is 4.86. The Bertz CT molecular complexity index is 1110. The molecule has 1 unspecified atom stereocenters. The summed E-state index contributed by atoms with van der Waals surface area (Å²) in [5.74, 6) is -1.30. The van der Waals surface area contributed by atoms with Gasteiger partial charge in [0.05, 0.1) is 11.5 Å². The molecule has 0 fully saturated rings. The second-order valence-electron chi connectivity index (χ2n) is 7.00. The number of rotatable bonds is 6. The Morgan fingerprint density at radius 1 is 1.03 bits per heavy atom. The molecule has 2 amide bonds. The minimum absolute atomic E-state index is 0.0968. The van der Waals surface area contributed by atoms with Crippen LogP contribution in [0.15, 0.2) is 65.5 Å². The number of H-pyrrole nitrogens is 1. The van der Waals surface area contributed by atoms with Gasteiger partial charge in [-0.05, 0) is 24.1 Å². The van der Waals surface area contributed by atoms with Crippen LogP contribution in [-0.4, -0.2) is 28.3 Å². The number of carbonyl (C=O) groups is 2. The maximum Gasteiger partial charge on any atom is 0.258 e. The molecule has 4 rings (SSSR count). The lowest BCUT2D eigenvalue weighted by Gasteiger charge is -2.23. The zero-order chi connectivity index (χ0) is 20.9. The molecular formula is C22H21N5O3. The molecule has 2 heterocycles. The summed E-state index contributed by atoms with van der Waals surface area (Å²) < 4.78 is 0. The van der Waals surface area contributed by atoms with Crippen molar-refractivity contribution in [3.8, 4) is 0 Å². The van der Waals surface area contributed by atoms with Crippen molar-refractivity contribution in [1.82, 2.24) is 15.3 Å². The fourth-order valence-electron chi connectivity index (χ4n) is 3.41. The van der Waals surface area contributed by atoms with Crippen LogP contribution in [0.25, 0.3) is 0 Å². The second-order valence-corrected chi connectivity index (χ2v) is 7.00. The van der Waals surface area contributed by atoms with E-state index >= 15 is 0 Å². The highest BCUT2D eigenvalue weighted by Crippen LogP contribution is 2.29. The van der Waals surface area contributed by atoms with Crippen LogP contribution in [0.2, 0.25) is 0 Å². The molecule has 1 aliphatic heterocycles. The summed E-state index contributed by atoms with van der Waals surface area (Å²) in [5, 5.41) is 8.42. The summed E-state index contributed by atoms with van der Waals surface area (Å²) in [6.45, 7) is 0.412. The number of aromatic nitrogens is 2. The molecule has 1 aromatic heterocycles. The van der Waals surface area contributed by atoms with Gasteiger partial charge in [-0.2, -0.15) is 4.98 Å². The lowest BCUT2D eigenvalue weighted by atomic mass is 9.92. The van der Waals surface area contributed by atoms with Crippen LogP contribution in [0, 0.1) is 0 Å². The van der Waals surface area contributed by atoms with Gasteiger partial charge < -0.3 is 16.0 Å². The third-order valence-electron chi connectivity index (χ3n) is 4.86. The zero-order valence-electron chi connectivity index (χ0n) is 16.1. The van der Waals surface area contributed by atoms with E-state index in [0.29, 0.717) is 13.0 Å². The van der Waals surface area contributed by atoms with Crippen LogP contribution < -0.4 is 21.5 Å². The van der Waals surface area contributed by atoms with Crippen LogP contribution >= 0.6 is 0 Å². The Morgan fingerprint density at radius 3 is 2.47 bits per heavy atom. The van der Waals surface area contributed by atoms with Gasteiger partial charge in [0.15, 0.2) is 0 Å². The molecule has 8 heteroatoms. The third kappa shape index (κ3) is 4.38. The quantitative estimate of drug-likeness (QED) is 0.504. The van der Waals surface area contributed by atoms with Crippen molar-refractivity contribution in [3.05, 3.63) is 82.1 Å². The van der Waals surface area contributed by atoms with Crippen molar-refractivity contribution in [2.75, 3.05) is 17.2 Å². The molecule has 0 saturated carbocycles. The average molecular weight is 403 g/mol. The van der Waals surface area contributed by atoms with Crippen molar-refractivity contribution in [3.63, 3.8) is 0 Å². The van der Waals surface area contributed by atoms with Gasteiger partial charge in [0.1, 0.15) is 5.82 Å². The van der Waals surface area contributed by atoms with E-state index in [1.165, 1.54) is 0 Å². The van der Waals surface area contributed by atoms with Gasteiger partial charge in [-0.3, -0.25) is 19.4 Å². The highest BCUT2D eigenvalue weighted by molar-refractivity contribution is 6.00. The Morgan fingerprint density at radius 2 is 1.73 bits per heavy atom. The Hall–Kier alpha value is -3.94. The summed E-state index contributed by atoms with van der Waals surface area (Å²) in [5.41, 5.74) is 1.54. The lowest BCUT2D eigenvalue weighted by molar-refractivity contribution is -0.126. The van der Waals surface area contributed by atoms with Crippen molar-refractivity contribution < 1.29 is 9.59 Å².